The van der Waals surface area contributed by atoms with Crippen molar-refractivity contribution < 1.29 is 8.42 Å². The third-order valence-corrected chi connectivity index (χ3v) is 4.83. The molecule has 0 radical (unpaired) electrons. The lowest BCUT2D eigenvalue weighted by Gasteiger charge is -2.23. The van der Waals surface area contributed by atoms with Crippen molar-refractivity contribution in [1.82, 2.24) is 19.2 Å². The molecule has 1 fully saturated rings. The fourth-order valence-corrected chi connectivity index (χ4v) is 3.63. The monoisotopic (exact) mass is 338 g/mol. The second-order valence-electron chi connectivity index (χ2n) is 4.92. The van der Waals surface area contributed by atoms with E-state index in [9.17, 15) is 18.0 Å². The molecule has 120 valence electrons. The first-order valence-corrected chi connectivity index (χ1v) is 7.81. The number of sulfonamides is 1. The van der Waals surface area contributed by atoms with E-state index in [2.05, 4.69) is 10.0 Å². The maximum absolute atomic E-state index is 12.3. The summed E-state index contributed by atoms with van der Waals surface area (Å²) in [5, 5.41) is 3.09. The smallest absolute Gasteiger partial charge is 0.315 e. The molecule has 1 saturated heterocycles. The van der Waals surface area contributed by atoms with Crippen molar-refractivity contribution in [3.63, 3.8) is 0 Å². The summed E-state index contributed by atoms with van der Waals surface area (Å²) in [6.45, 7) is 1.39. The van der Waals surface area contributed by atoms with Crippen LogP contribution in [0, 0.1) is 0 Å². The highest BCUT2D eigenvalue weighted by atomic mass is 35.5. The van der Waals surface area contributed by atoms with E-state index < -0.39 is 26.2 Å². The number of aryl methyl sites for hydroxylation is 1. The predicted molar refractivity (Wildman–Crippen MR) is 80.4 cm³/mol. The highest BCUT2D eigenvalue weighted by molar-refractivity contribution is 7.89. The molecule has 0 aromatic carbocycles. The van der Waals surface area contributed by atoms with Gasteiger partial charge in [-0.1, -0.05) is 0 Å². The summed E-state index contributed by atoms with van der Waals surface area (Å²) in [5.74, 6) is 0. The van der Waals surface area contributed by atoms with Crippen LogP contribution in [0.5, 0.6) is 0 Å². The predicted octanol–water partition coefficient (Wildman–Crippen LogP) is -1.46. The number of piperidine rings is 1. The van der Waals surface area contributed by atoms with Gasteiger partial charge in [-0.2, -0.15) is 0 Å². The summed E-state index contributed by atoms with van der Waals surface area (Å²) in [5.41, 5.74) is -1.38. The van der Waals surface area contributed by atoms with Gasteiger partial charge in [-0.15, -0.1) is 12.4 Å². The van der Waals surface area contributed by atoms with Crippen LogP contribution < -0.4 is 21.3 Å². The Morgan fingerprint density at radius 1 is 1.33 bits per heavy atom. The Kier molecular flexibility index (Phi) is 5.74. The van der Waals surface area contributed by atoms with Crippen LogP contribution in [0.15, 0.2) is 20.7 Å². The summed E-state index contributed by atoms with van der Waals surface area (Å²) >= 11 is 0. The molecule has 1 atom stereocenters. The third-order valence-electron chi connectivity index (χ3n) is 3.32. The van der Waals surface area contributed by atoms with Crippen LogP contribution in [0.4, 0.5) is 0 Å². The number of halogens is 1. The molecule has 1 aromatic heterocycles. The van der Waals surface area contributed by atoms with Gasteiger partial charge in [0, 0.05) is 32.9 Å². The average Bonchev–Trinajstić information content (AvgIpc) is 2.41. The van der Waals surface area contributed by atoms with Crippen LogP contribution >= 0.6 is 12.4 Å². The van der Waals surface area contributed by atoms with E-state index in [1.807, 2.05) is 0 Å². The molecule has 2 N–H and O–H groups in total. The zero-order valence-electron chi connectivity index (χ0n) is 11.8. The van der Waals surface area contributed by atoms with Gasteiger partial charge >= 0.3 is 5.69 Å². The second-order valence-corrected chi connectivity index (χ2v) is 6.60. The van der Waals surface area contributed by atoms with E-state index in [-0.39, 0.29) is 18.4 Å². The maximum atomic E-state index is 12.3. The minimum Gasteiger partial charge on any atom is -0.315 e. The first-order valence-electron chi connectivity index (χ1n) is 6.32. The number of nitrogens with one attached hydrogen (secondary N) is 2. The zero-order chi connectivity index (χ0) is 14.9. The summed E-state index contributed by atoms with van der Waals surface area (Å²) in [6.07, 6.45) is 2.65. The van der Waals surface area contributed by atoms with Gasteiger partial charge in [0.2, 0.25) is 10.0 Å². The van der Waals surface area contributed by atoms with E-state index in [4.69, 9.17) is 0 Å². The molecule has 1 unspecified atom stereocenters. The van der Waals surface area contributed by atoms with E-state index in [0.717, 1.165) is 34.7 Å². The molecule has 0 amide bonds. The molecule has 21 heavy (non-hydrogen) atoms. The first-order chi connectivity index (χ1) is 9.33. The summed E-state index contributed by atoms with van der Waals surface area (Å²) in [7, 11) is -1.27. The Morgan fingerprint density at radius 2 is 2.00 bits per heavy atom. The second kappa shape index (κ2) is 6.73. The normalized spacial score (nSPS) is 19.0. The minimum absolute atomic E-state index is 0. The highest BCUT2D eigenvalue weighted by Crippen LogP contribution is 2.07. The van der Waals surface area contributed by atoms with E-state index in [1.165, 1.54) is 14.1 Å². The van der Waals surface area contributed by atoms with Gasteiger partial charge in [-0.25, -0.2) is 17.9 Å². The van der Waals surface area contributed by atoms with Crippen molar-refractivity contribution in [2.45, 2.75) is 23.8 Å². The molecular formula is C11H19ClN4O4S. The molecule has 2 heterocycles. The van der Waals surface area contributed by atoms with Crippen molar-refractivity contribution in [3.8, 4) is 0 Å². The molecule has 0 spiro atoms. The summed E-state index contributed by atoms with van der Waals surface area (Å²) < 4.78 is 28.9. The van der Waals surface area contributed by atoms with E-state index in [1.54, 1.807) is 0 Å². The fraction of sp³-hybridized carbons (Fsp3) is 0.636. The maximum Gasteiger partial charge on any atom is 0.330 e. The van der Waals surface area contributed by atoms with Crippen molar-refractivity contribution in [3.05, 3.63) is 27.0 Å². The van der Waals surface area contributed by atoms with E-state index >= 15 is 0 Å². The quantitative estimate of drug-likeness (QED) is 0.701. The van der Waals surface area contributed by atoms with Gasteiger partial charge < -0.3 is 9.88 Å². The molecule has 0 saturated carbocycles. The molecule has 1 aliphatic rings. The number of nitrogens with zero attached hydrogens (tertiary/aromatic N) is 2. The number of hydrogen-bond acceptors (Lipinski definition) is 5. The van der Waals surface area contributed by atoms with Gasteiger partial charge in [0.1, 0.15) is 0 Å². The molecule has 1 aliphatic heterocycles. The Labute approximate surface area is 128 Å². The van der Waals surface area contributed by atoms with Crippen LogP contribution in [0.25, 0.3) is 0 Å². The standard InChI is InChI=1S/C11H18N4O4S.ClH/c1-14-7-9(10(16)15(2)11(14)17)20(18,19)13-8-4-3-5-12-6-8;/h7-8,12-13H,3-6H2,1-2H3;1H. The number of hydrogen-bond donors (Lipinski definition) is 2. The van der Waals surface area contributed by atoms with Crippen molar-refractivity contribution >= 4 is 22.4 Å². The SMILES string of the molecule is Cl.Cn1cc(S(=O)(=O)NC2CCCNC2)c(=O)n(C)c1=O. The van der Waals surface area contributed by atoms with Gasteiger partial charge in [0.05, 0.1) is 0 Å². The summed E-state index contributed by atoms with van der Waals surface area (Å²) in [4.78, 5) is 23.1. The molecule has 1 aromatic rings. The Morgan fingerprint density at radius 3 is 2.57 bits per heavy atom. The number of rotatable bonds is 3. The van der Waals surface area contributed by atoms with Crippen LogP contribution in [-0.4, -0.2) is 36.7 Å². The Balaban J connectivity index is 0.00000220. The minimum atomic E-state index is -3.94. The first kappa shape index (κ1) is 17.9. The van der Waals surface area contributed by atoms with Crippen molar-refractivity contribution in [2.75, 3.05) is 13.1 Å². The third kappa shape index (κ3) is 3.73. The van der Waals surface area contributed by atoms with Gasteiger partial charge in [0.15, 0.2) is 4.90 Å². The molecule has 0 bridgehead atoms. The zero-order valence-corrected chi connectivity index (χ0v) is 13.5. The molecule has 10 heteroatoms. The van der Waals surface area contributed by atoms with Crippen LogP contribution in [0.3, 0.4) is 0 Å². The van der Waals surface area contributed by atoms with Gasteiger partial charge in [-0.05, 0) is 19.4 Å². The fourth-order valence-electron chi connectivity index (χ4n) is 2.19. The van der Waals surface area contributed by atoms with Gasteiger partial charge in [-0.3, -0.25) is 9.36 Å². The Hall–Kier alpha value is -1.16. The lowest BCUT2D eigenvalue weighted by atomic mass is 10.1. The molecule has 8 nitrogen and oxygen atoms in total. The number of aromatic nitrogens is 2. The van der Waals surface area contributed by atoms with Crippen LogP contribution in [0.1, 0.15) is 12.8 Å². The van der Waals surface area contributed by atoms with E-state index in [0.29, 0.717) is 6.54 Å². The molecular weight excluding hydrogens is 320 g/mol. The molecule has 0 aliphatic carbocycles. The lowest BCUT2D eigenvalue weighted by molar-refractivity contribution is 0.428. The van der Waals surface area contributed by atoms with Crippen molar-refractivity contribution in [2.24, 2.45) is 14.1 Å². The topological polar surface area (TPSA) is 102 Å². The Bertz CT molecular complexity index is 719. The van der Waals surface area contributed by atoms with Gasteiger partial charge in [0.25, 0.3) is 5.56 Å². The average molecular weight is 339 g/mol. The largest absolute Gasteiger partial charge is 0.330 e. The highest BCUT2D eigenvalue weighted by Gasteiger charge is 2.25. The van der Waals surface area contributed by atoms with Crippen LogP contribution in [-0.2, 0) is 24.1 Å². The van der Waals surface area contributed by atoms with Crippen LogP contribution in [0.2, 0.25) is 0 Å². The van der Waals surface area contributed by atoms with Crippen molar-refractivity contribution in [1.29, 1.82) is 0 Å². The summed E-state index contributed by atoms with van der Waals surface area (Å²) in [6, 6.07) is -0.240. The lowest BCUT2D eigenvalue weighted by Crippen LogP contribution is -2.48. The molecule has 2 rings (SSSR count).